The summed E-state index contributed by atoms with van der Waals surface area (Å²) in [6.07, 6.45) is 1.08. The predicted molar refractivity (Wildman–Crippen MR) is 60.2 cm³/mol. The predicted octanol–water partition coefficient (Wildman–Crippen LogP) is -0.896. The maximum absolute atomic E-state index is 12.0. The van der Waals surface area contributed by atoms with Gasteiger partial charge in [0.2, 0.25) is 11.8 Å². The number of rotatable bonds is 1. The van der Waals surface area contributed by atoms with Crippen molar-refractivity contribution < 1.29 is 13.8 Å². The molecule has 16 heavy (non-hydrogen) atoms. The highest BCUT2D eigenvalue weighted by Crippen LogP contribution is 2.15. The molecule has 90 valence electrons. The van der Waals surface area contributed by atoms with E-state index in [1.165, 1.54) is 0 Å². The summed E-state index contributed by atoms with van der Waals surface area (Å²) in [5.74, 6) is 1.24. The molecular weight excluding hydrogens is 228 g/mol. The van der Waals surface area contributed by atoms with E-state index >= 15 is 0 Å². The zero-order valence-electron chi connectivity index (χ0n) is 9.11. The fourth-order valence-electron chi connectivity index (χ4n) is 2.06. The summed E-state index contributed by atoms with van der Waals surface area (Å²) in [6, 6.07) is 0. The molecule has 2 rings (SSSR count). The topological polar surface area (TPSA) is 66.5 Å². The van der Waals surface area contributed by atoms with Crippen LogP contribution in [0.1, 0.15) is 12.8 Å². The summed E-state index contributed by atoms with van der Waals surface area (Å²) >= 11 is 0. The second-order valence-electron chi connectivity index (χ2n) is 4.21. The molecule has 2 aliphatic rings. The largest absolute Gasteiger partial charge is 0.355 e. The summed E-state index contributed by atoms with van der Waals surface area (Å²) in [5.41, 5.74) is 0. The smallest absolute Gasteiger partial charge is 0.227 e. The van der Waals surface area contributed by atoms with Crippen LogP contribution in [0.5, 0.6) is 0 Å². The van der Waals surface area contributed by atoms with Gasteiger partial charge in [-0.3, -0.25) is 13.8 Å². The molecule has 2 saturated heterocycles. The van der Waals surface area contributed by atoms with Crippen molar-refractivity contribution in [1.29, 1.82) is 0 Å². The van der Waals surface area contributed by atoms with Gasteiger partial charge in [-0.15, -0.1) is 0 Å². The number of nitrogens with zero attached hydrogens (tertiary/aromatic N) is 1. The number of nitrogens with one attached hydrogen (secondary N) is 1. The molecule has 6 heteroatoms. The Morgan fingerprint density at radius 3 is 2.62 bits per heavy atom. The van der Waals surface area contributed by atoms with Crippen LogP contribution in [0.4, 0.5) is 0 Å². The quantitative estimate of drug-likeness (QED) is 0.650. The van der Waals surface area contributed by atoms with Crippen LogP contribution in [0.15, 0.2) is 0 Å². The Labute approximate surface area is 97.0 Å². The third-order valence-electron chi connectivity index (χ3n) is 3.10. The van der Waals surface area contributed by atoms with Crippen molar-refractivity contribution in [2.24, 2.45) is 5.92 Å². The van der Waals surface area contributed by atoms with Crippen molar-refractivity contribution in [2.75, 3.05) is 31.1 Å². The average Bonchev–Trinajstić information content (AvgIpc) is 2.30. The van der Waals surface area contributed by atoms with Gasteiger partial charge in [-0.05, 0) is 6.42 Å². The van der Waals surface area contributed by atoms with Crippen LogP contribution in [0.25, 0.3) is 0 Å². The highest BCUT2D eigenvalue weighted by Gasteiger charge is 2.29. The number of hydrogen-bond acceptors (Lipinski definition) is 3. The van der Waals surface area contributed by atoms with Crippen LogP contribution in [-0.4, -0.2) is 52.1 Å². The Hall–Kier alpha value is -0.910. The molecular formula is C10H16N2O3S. The van der Waals surface area contributed by atoms with Crippen molar-refractivity contribution in [2.45, 2.75) is 12.8 Å². The molecule has 0 aromatic heterocycles. The van der Waals surface area contributed by atoms with Crippen molar-refractivity contribution in [3.05, 3.63) is 0 Å². The van der Waals surface area contributed by atoms with Gasteiger partial charge in [0.15, 0.2) is 0 Å². The third-order valence-corrected chi connectivity index (χ3v) is 4.38. The average molecular weight is 244 g/mol. The fraction of sp³-hybridized carbons (Fsp3) is 0.800. The standard InChI is InChI=1S/C10H16N2O3S/c13-9-2-1-8(7-11-9)10(14)12-3-5-16(15)6-4-12/h8H,1-7H2,(H,11,13). The second-order valence-corrected chi connectivity index (χ2v) is 5.91. The molecule has 2 fully saturated rings. The SMILES string of the molecule is O=C1CCC(C(=O)N2CCS(=O)CC2)CN1. The molecule has 0 aromatic rings. The molecule has 1 N–H and O–H groups in total. The number of hydrogen-bond donors (Lipinski definition) is 1. The van der Waals surface area contributed by atoms with E-state index in [2.05, 4.69) is 5.32 Å². The second kappa shape index (κ2) is 4.95. The first-order valence-electron chi connectivity index (χ1n) is 5.57. The van der Waals surface area contributed by atoms with Crippen molar-refractivity contribution in [3.8, 4) is 0 Å². The number of piperidine rings is 1. The van der Waals surface area contributed by atoms with Gasteiger partial charge in [-0.25, -0.2) is 0 Å². The minimum absolute atomic E-state index is 0.0313. The van der Waals surface area contributed by atoms with Gasteiger partial charge < -0.3 is 10.2 Å². The molecule has 5 nitrogen and oxygen atoms in total. The highest BCUT2D eigenvalue weighted by atomic mass is 32.2. The van der Waals surface area contributed by atoms with Gasteiger partial charge >= 0.3 is 0 Å². The Balaban J connectivity index is 1.87. The lowest BCUT2D eigenvalue weighted by atomic mass is 9.97. The molecule has 0 saturated carbocycles. The first kappa shape index (κ1) is 11.6. The lowest BCUT2D eigenvalue weighted by molar-refractivity contribution is -0.137. The molecule has 0 radical (unpaired) electrons. The zero-order chi connectivity index (χ0) is 11.5. The summed E-state index contributed by atoms with van der Waals surface area (Å²) in [4.78, 5) is 24.8. The molecule has 0 aliphatic carbocycles. The number of amides is 2. The van der Waals surface area contributed by atoms with Crippen LogP contribution in [0, 0.1) is 5.92 Å². The molecule has 0 bridgehead atoms. The minimum Gasteiger partial charge on any atom is -0.355 e. The summed E-state index contributed by atoms with van der Waals surface area (Å²) in [5, 5.41) is 2.71. The summed E-state index contributed by atoms with van der Waals surface area (Å²) < 4.78 is 11.2. The Bertz CT molecular complexity index is 282. The lowest BCUT2D eigenvalue weighted by Gasteiger charge is -2.31. The van der Waals surface area contributed by atoms with Crippen LogP contribution in [0.2, 0.25) is 0 Å². The lowest BCUT2D eigenvalue weighted by Crippen LogP contribution is -2.48. The van der Waals surface area contributed by atoms with Crippen molar-refractivity contribution in [1.82, 2.24) is 10.2 Å². The van der Waals surface area contributed by atoms with E-state index in [9.17, 15) is 13.8 Å². The summed E-state index contributed by atoms with van der Waals surface area (Å²) in [7, 11) is -0.752. The zero-order valence-corrected chi connectivity index (χ0v) is 9.92. The minimum atomic E-state index is -0.752. The first-order chi connectivity index (χ1) is 7.66. The van der Waals surface area contributed by atoms with Crippen LogP contribution in [0.3, 0.4) is 0 Å². The molecule has 2 amide bonds. The van der Waals surface area contributed by atoms with E-state index in [-0.39, 0.29) is 17.7 Å². The first-order valence-corrected chi connectivity index (χ1v) is 7.06. The van der Waals surface area contributed by atoms with E-state index in [0.717, 1.165) is 0 Å². The molecule has 1 unspecified atom stereocenters. The Morgan fingerprint density at radius 1 is 1.38 bits per heavy atom. The molecule has 0 aromatic carbocycles. The molecule has 0 spiro atoms. The number of carbonyl (C=O) groups is 2. The fourth-order valence-corrected chi connectivity index (χ4v) is 3.11. The highest BCUT2D eigenvalue weighted by molar-refractivity contribution is 7.85. The van der Waals surface area contributed by atoms with Crippen molar-refractivity contribution in [3.63, 3.8) is 0 Å². The Morgan fingerprint density at radius 2 is 2.06 bits per heavy atom. The summed E-state index contributed by atoms with van der Waals surface area (Å²) in [6.45, 7) is 1.64. The van der Waals surface area contributed by atoms with Crippen LogP contribution in [-0.2, 0) is 20.4 Å². The van der Waals surface area contributed by atoms with Gasteiger partial charge in [-0.1, -0.05) is 0 Å². The van der Waals surface area contributed by atoms with E-state index < -0.39 is 10.8 Å². The van der Waals surface area contributed by atoms with Gasteiger partial charge in [0.1, 0.15) is 0 Å². The van der Waals surface area contributed by atoms with Crippen LogP contribution >= 0.6 is 0 Å². The van der Waals surface area contributed by atoms with E-state index in [1.54, 1.807) is 4.90 Å². The van der Waals surface area contributed by atoms with Crippen LogP contribution < -0.4 is 5.32 Å². The Kier molecular flexibility index (Phi) is 3.58. The number of carbonyl (C=O) groups excluding carboxylic acids is 2. The van der Waals surface area contributed by atoms with Gasteiger partial charge in [0.05, 0.1) is 5.92 Å². The molecule has 2 heterocycles. The third kappa shape index (κ3) is 2.61. The van der Waals surface area contributed by atoms with Crippen molar-refractivity contribution >= 4 is 22.6 Å². The van der Waals surface area contributed by atoms with Gasteiger partial charge in [0.25, 0.3) is 0 Å². The monoisotopic (exact) mass is 244 g/mol. The van der Waals surface area contributed by atoms with Gasteiger partial charge in [-0.2, -0.15) is 0 Å². The normalized spacial score (nSPS) is 27.6. The molecule has 2 aliphatic heterocycles. The van der Waals surface area contributed by atoms with Gasteiger partial charge in [0, 0.05) is 48.4 Å². The maximum Gasteiger partial charge on any atom is 0.227 e. The molecule has 1 atom stereocenters. The van der Waals surface area contributed by atoms with E-state index in [1.807, 2.05) is 0 Å². The van der Waals surface area contributed by atoms with E-state index in [4.69, 9.17) is 0 Å². The van der Waals surface area contributed by atoms with E-state index in [0.29, 0.717) is 44.0 Å². The maximum atomic E-state index is 12.0.